The largest absolute Gasteiger partial charge is 0.345 e. The summed E-state index contributed by atoms with van der Waals surface area (Å²) in [6.07, 6.45) is 3.17. The average Bonchev–Trinajstić information content (AvgIpc) is 2.45. The van der Waals surface area contributed by atoms with E-state index in [4.69, 9.17) is 0 Å². The zero-order valence-electron chi connectivity index (χ0n) is 11.1. The van der Waals surface area contributed by atoms with Gasteiger partial charge in [-0.25, -0.2) is 0 Å². The molecule has 1 aliphatic rings. The molecule has 0 aromatic heterocycles. The Morgan fingerprint density at radius 3 is 2.62 bits per heavy atom. The molecule has 1 rings (SSSR count). The third-order valence-corrected chi connectivity index (χ3v) is 4.52. The highest BCUT2D eigenvalue weighted by Crippen LogP contribution is 2.33. The molecule has 1 saturated heterocycles. The summed E-state index contributed by atoms with van der Waals surface area (Å²) >= 11 is 1.59. The highest BCUT2D eigenvalue weighted by atomic mass is 32.2. The lowest BCUT2D eigenvalue weighted by Gasteiger charge is -2.35. The molecule has 1 atom stereocenters. The molecule has 1 aliphatic heterocycles. The van der Waals surface area contributed by atoms with Crippen molar-refractivity contribution in [2.24, 2.45) is 5.92 Å². The second kappa shape index (κ2) is 5.41. The van der Waals surface area contributed by atoms with E-state index in [-0.39, 0.29) is 11.4 Å². The lowest BCUT2D eigenvalue weighted by molar-refractivity contribution is -0.127. The van der Waals surface area contributed by atoms with Gasteiger partial charge in [-0.15, -0.1) is 0 Å². The maximum Gasteiger partial charge on any atom is 0.232 e. The van der Waals surface area contributed by atoms with Crippen LogP contribution in [0.25, 0.3) is 0 Å². The predicted octanol–water partition coefficient (Wildman–Crippen LogP) is 1.54. The van der Waals surface area contributed by atoms with Crippen LogP contribution < -0.4 is 0 Å². The molecule has 0 spiro atoms. The van der Waals surface area contributed by atoms with Crippen molar-refractivity contribution in [3.05, 3.63) is 0 Å². The molecule has 1 heterocycles. The van der Waals surface area contributed by atoms with Crippen LogP contribution >= 0.6 is 11.8 Å². The topological polar surface area (TPSA) is 23.6 Å². The van der Waals surface area contributed by atoms with Crippen molar-refractivity contribution in [1.82, 2.24) is 9.80 Å². The normalized spacial score (nSPS) is 24.7. The third kappa shape index (κ3) is 2.92. The second-order valence-corrected chi connectivity index (χ2v) is 6.13. The van der Waals surface area contributed by atoms with Gasteiger partial charge in [0.25, 0.3) is 0 Å². The van der Waals surface area contributed by atoms with Gasteiger partial charge in [-0.2, -0.15) is 11.8 Å². The van der Waals surface area contributed by atoms with Crippen molar-refractivity contribution < 1.29 is 4.79 Å². The Morgan fingerprint density at radius 2 is 2.19 bits per heavy atom. The summed E-state index contributed by atoms with van der Waals surface area (Å²) in [6, 6.07) is 0. The lowest BCUT2D eigenvalue weighted by Crippen LogP contribution is -2.45. The molecular weight excluding hydrogens is 220 g/mol. The monoisotopic (exact) mass is 244 g/mol. The van der Waals surface area contributed by atoms with Gasteiger partial charge >= 0.3 is 0 Å². The number of hydrogen-bond acceptors (Lipinski definition) is 3. The molecule has 4 heteroatoms. The fraction of sp³-hybridized carbons (Fsp3) is 0.917. The van der Waals surface area contributed by atoms with E-state index in [1.807, 2.05) is 18.2 Å². The van der Waals surface area contributed by atoms with Crippen molar-refractivity contribution >= 4 is 17.7 Å². The molecule has 0 aliphatic carbocycles. The van der Waals surface area contributed by atoms with Gasteiger partial charge in [0, 0.05) is 19.1 Å². The first-order valence-electron chi connectivity index (χ1n) is 5.83. The number of nitrogens with zero attached hydrogens (tertiary/aromatic N) is 2. The number of amides is 1. The van der Waals surface area contributed by atoms with E-state index in [9.17, 15) is 4.79 Å². The molecule has 0 N–H and O–H groups in total. The van der Waals surface area contributed by atoms with E-state index >= 15 is 0 Å². The number of hydrogen-bond donors (Lipinski definition) is 0. The Labute approximate surface area is 104 Å². The number of rotatable bonds is 4. The molecule has 0 aromatic rings. The van der Waals surface area contributed by atoms with Gasteiger partial charge in [0.05, 0.1) is 5.75 Å². The first kappa shape index (κ1) is 13.8. The molecule has 0 aromatic carbocycles. The molecule has 0 unspecified atom stereocenters. The van der Waals surface area contributed by atoms with E-state index in [0.29, 0.717) is 11.7 Å². The first-order valence-corrected chi connectivity index (χ1v) is 7.23. The van der Waals surface area contributed by atoms with Crippen LogP contribution in [0, 0.1) is 5.92 Å². The van der Waals surface area contributed by atoms with Crippen molar-refractivity contribution in [3.8, 4) is 0 Å². The summed E-state index contributed by atoms with van der Waals surface area (Å²) in [5, 5.41) is 0. The number of carbonyl (C=O) groups excluding carboxylic acids is 1. The molecule has 1 amide bonds. The predicted molar refractivity (Wildman–Crippen MR) is 70.8 cm³/mol. The molecule has 94 valence electrons. The van der Waals surface area contributed by atoms with E-state index in [0.717, 1.165) is 13.1 Å². The minimum atomic E-state index is 0.216. The first-order chi connectivity index (χ1) is 7.39. The summed E-state index contributed by atoms with van der Waals surface area (Å²) < 4.78 is 0. The highest BCUT2D eigenvalue weighted by molar-refractivity contribution is 7.99. The fourth-order valence-electron chi connectivity index (χ4n) is 2.28. The van der Waals surface area contributed by atoms with Gasteiger partial charge in [0.2, 0.25) is 5.91 Å². The van der Waals surface area contributed by atoms with Crippen molar-refractivity contribution in [2.45, 2.75) is 25.8 Å². The minimum Gasteiger partial charge on any atom is -0.345 e. The van der Waals surface area contributed by atoms with E-state index in [1.165, 1.54) is 6.42 Å². The maximum absolute atomic E-state index is 11.7. The number of likely N-dealkylation sites (tertiary alicyclic amines) is 1. The highest BCUT2D eigenvalue weighted by Gasteiger charge is 2.39. The second-order valence-electron chi connectivity index (χ2n) is 5.27. The van der Waals surface area contributed by atoms with Gasteiger partial charge in [-0.1, -0.05) is 0 Å². The Balaban J connectivity index is 2.52. The fourth-order valence-corrected chi connectivity index (χ4v) is 2.75. The van der Waals surface area contributed by atoms with Gasteiger partial charge in [0.15, 0.2) is 0 Å². The smallest absolute Gasteiger partial charge is 0.232 e. The maximum atomic E-state index is 11.7. The van der Waals surface area contributed by atoms with Crippen LogP contribution in [0.4, 0.5) is 0 Å². The summed E-state index contributed by atoms with van der Waals surface area (Å²) in [6.45, 7) is 6.58. The van der Waals surface area contributed by atoms with Crippen molar-refractivity contribution in [2.75, 3.05) is 39.2 Å². The molecular formula is C12H24N2OS. The average molecular weight is 244 g/mol. The number of carbonyl (C=O) groups is 1. The summed E-state index contributed by atoms with van der Waals surface area (Å²) in [5.41, 5.74) is 0.216. The van der Waals surface area contributed by atoms with Crippen molar-refractivity contribution in [3.63, 3.8) is 0 Å². The Morgan fingerprint density at radius 1 is 1.56 bits per heavy atom. The Kier molecular flexibility index (Phi) is 4.68. The zero-order chi connectivity index (χ0) is 12.3. The van der Waals surface area contributed by atoms with E-state index in [2.05, 4.69) is 25.8 Å². The minimum absolute atomic E-state index is 0.216. The van der Waals surface area contributed by atoms with E-state index < -0.39 is 0 Å². The molecule has 3 nitrogen and oxygen atoms in total. The van der Waals surface area contributed by atoms with Gasteiger partial charge < -0.3 is 9.80 Å². The third-order valence-electron chi connectivity index (χ3n) is 3.98. The van der Waals surface area contributed by atoms with E-state index in [1.54, 1.807) is 11.8 Å². The molecule has 1 fully saturated rings. The van der Waals surface area contributed by atoms with Gasteiger partial charge in [0.1, 0.15) is 0 Å². The SMILES string of the molecule is CSCC(=O)N(C)C[C@@H]1CCN(C)C1(C)C. The Hall–Kier alpha value is -0.220. The summed E-state index contributed by atoms with van der Waals surface area (Å²) in [7, 11) is 4.09. The molecule has 0 bridgehead atoms. The standard InChI is InChI=1S/C12H24N2OS/c1-12(2)10(6-7-14(12)4)8-13(3)11(15)9-16-5/h10H,6-9H2,1-5H3/t10-/m0/s1. The molecule has 0 saturated carbocycles. The van der Waals surface area contributed by atoms with Crippen LogP contribution in [-0.4, -0.2) is 60.4 Å². The zero-order valence-corrected chi connectivity index (χ0v) is 11.9. The Bertz CT molecular complexity index is 255. The van der Waals surface area contributed by atoms with Crippen LogP contribution in [0.1, 0.15) is 20.3 Å². The molecule has 0 radical (unpaired) electrons. The van der Waals surface area contributed by atoms with Crippen LogP contribution in [0.2, 0.25) is 0 Å². The van der Waals surface area contributed by atoms with Crippen LogP contribution in [0.3, 0.4) is 0 Å². The molecule has 16 heavy (non-hydrogen) atoms. The summed E-state index contributed by atoms with van der Waals surface area (Å²) in [5.74, 6) is 1.44. The van der Waals surface area contributed by atoms with Crippen LogP contribution in [0.15, 0.2) is 0 Å². The van der Waals surface area contributed by atoms with Crippen LogP contribution in [-0.2, 0) is 4.79 Å². The van der Waals surface area contributed by atoms with Crippen molar-refractivity contribution in [1.29, 1.82) is 0 Å². The summed E-state index contributed by atoms with van der Waals surface area (Å²) in [4.78, 5) is 16.0. The lowest BCUT2D eigenvalue weighted by atomic mass is 9.88. The van der Waals surface area contributed by atoms with Crippen LogP contribution in [0.5, 0.6) is 0 Å². The van der Waals surface area contributed by atoms with Gasteiger partial charge in [-0.3, -0.25) is 4.79 Å². The number of thioether (sulfide) groups is 1. The quantitative estimate of drug-likeness (QED) is 0.749. The van der Waals surface area contributed by atoms with Gasteiger partial charge in [-0.05, 0) is 46.0 Å².